The Balaban J connectivity index is 1.38. The monoisotopic (exact) mass is 413 g/mol. The van der Waals surface area contributed by atoms with Gasteiger partial charge in [-0.1, -0.05) is 30.3 Å². The number of ether oxygens (including phenoxy) is 2. The Hall–Kier alpha value is -2.78. The first-order chi connectivity index (χ1) is 14.7. The molecular weight excluding hydrogens is 386 g/mol. The van der Waals surface area contributed by atoms with Crippen molar-refractivity contribution in [1.29, 1.82) is 0 Å². The summed E-state index contributed by atoms with van der Waals surface area (Å²) in [6.07, 6.45) is 0.735. The molecule has 1 aromatic carbocycles. The normalized spacial score (nSPS) is 19.8. The van der Waals surface area contributed by atoms with Crippen molar-refractivity contribution in [3.8, 4) is 0 Å². The second-order valence-electron chi connectivity index (χ2n) is 7.56. The standard InChI is InChI=1S/C21H27N5O4/c1-29-19(15-5-3-2-4-6-15)21(28)25-9-7-17-23-24-18(26(17)11-10-25)13-22-20(27)16-8-12-30-14-16/h2-6,16,19H,7-14H2,1H3,(H,22,27). The fourth-order valence-corrected chi connectivity index (χ4v) is 3.96. The number of amides is 2. The summed E-state index contributed by atoms with van der Waals surface area (Å²) in [5.41, 5.74) is 0.841. The largest absolute Gasteiger partial charge is 0.381 e. The van der Waals surface area contributed by atoms with Crippen molar-refractivity contribution in [2.45, 2.75) is 32.0 Å². The molecule has 2 aliphatic rings. The maximum absolute atomic E-state index is 13.1. The smallest absolute Gasteiger partial charge is 0.256 e. The lowest BCUT2D eigenvalue weighted by atomic mass is 10.1. The zero-order chi connectivity index (χ0) is 20.9. The molecule has 2 atom stereocenters. The van der Waals surface area contributed by atoms with Crippen molar-refractivity contribution >= 4 is 11.8 Å². The third-order valence-corrected chi connectivity index (χ3v) is 5.70. The van der Waals surface area contributed by atoms with Crippen molar-refractivity contribution in [3.63, 3.8) is 0 Å². The molecule has 2 aromatic rings. The van der Waals surface area contributed by atoms with Crippen LogP contribution in [0.25, 0.3) is 0 Å². The Kier molecular flexibility index (Phi) is 6.39. The van der Waals surface area contributed by atoms with Crippen LogP contribution >= 0.6 is 0 Å². The summed E-state index contributed by atoms with van der Waals surface area (Å²) in [7, 11) is 1.55. The average Bonchev–Trinajstić information content (AvgIpc) is 3.39. The molecular formula is C21H27N5O4. The van der Waals surface area contributed by atoms with Gasteiger partial charge in [-0.25, -0.2) is 0 Å². The highest BCUT2D eigenvalue weighted by atomic mass is 16.5. The third kappa shape index (κ3) is 4.36. The molecule has 160 valence electrons. The van der Waals surface area contributed by atoms with Crippen LogP contribution in [-0.4, -0.2) is 64.9 Å². The van der Waals surface area contributed by atoms with Gasteiger partial charge in [0.1, 0.15) is 5.82 Å². The maximum atomic E-state index is 13.1. The Morgan fingerprint density at radius 3 is 2.80 bits per heavy atom. The van der Waals surface area contributed by atoms with Crippen LogP contribution in [0, 0.1) is 5.92 Å². The van der Waals surface area contributed by atoms with E-state index in [0.29, 0.717) is 51.6 Å². The maximum Gasteiger partial charge on any atom is 0.256 e. The number of benzene rings is 1. The molecule has 0 bridgehead atoms. The van der Waals surface area contributed by atoms with E-state index in [-0.39, 0.29) is 17.7 Å². The second-order valence-corrected chi connectivity index (χ2v) is 7.56. The minimum absolute atomic E-state index is 0.0129. The molecule has 30 heavy (non-hydrogen) atoms. The number of fused-ring (bicyclic) bond motifs is 1. The van der Waals surface area contributed by atoms with Crippen molar-refractivity contribution < 1.29 is 19.1 Å². The van der Waals surface area contributed by atoms with Crippen LogP contribution in [0.3, 0.4) is 0 Å². The number of hydrogen-bond acceptors (Lipinski definition) is 6. The first-order valence-electron chi connectivity index (χ1n) is 10.3. The highest BCUT2D eigenvalue weighted by Crippen LogP contribution is 2.21. The Labute approximate surface area is 175 Å². The van der Waals surface area contributed by atoms with E-state index in [1.54, 1.807) is 7.11 Å². The van der Waals surface area contributed by atoms with Gasteiger partial charge in [0.2, 0.25) is 5.91 Å². The minimum atomic E-state index is -0.623. The van der Waals surface area contributed by atoms with Crippen molar-refractivity contribution in [3.05, 3.63) is 47.5 Å². The lowest BCUT2D eigenvalue weighted by Gasteiger charge is -2.25. The topological polar surface area (TPSA) is 98.6 Å². The summed E-state index contributed by atoms with van der Waals surface area (Å²) in [5.74, 6) is 1.37. The van der Waals surface area contributed by atoms with Crippen molar-refractivity contribution in [2.24, 2.45) is 5.92 Å². The number of aromatic nitrogens is 3. The molecule has 2 amide bonds. The molecule has 9 nitrogen and oxygen atoms in total. The Morgan fingerprint density at radius 1 is 1.23 bits per heavy atom. The lowest BCUT2D eigenvalue weighted by Crippen LogP contribution is -2.38. The zero-order valence-corrected chi connectivity index (χ0v) is 17.1. The van der Waals surface area contributed by atoms with E-state index >= 15 is 0 Å². The molecule has 1 saturated heterocycles. The van der Waals surface area contributed by atoms with E-state index in [1.165, 1.54) is 0 Å². The van der Waals surface area contributed by atoms with Gasteiger partial charge in [0.15, 0.2) is 11.9 Å². The molecule has 9 heteroatoms. The van der Waals surface area contributed by atoms with Gasteiger partial charge in [-0.2, -0.15) is 0 Å². The van der Waals surface area contributed by atoms with Crippen LogP contribution in [0.1, 0.15) is 29.7 Å². The summed E-state index contributed by atoms with van der Waals surface area (Å²) >= 11 is 0. The molecule has 1 N–H and O–H groups in total. The first kappa shape index (κ1) is 20.5. The van der Waals surface area contributed by atoms with Crippen LogP contribution in [0.5, 0.6) is 0 Å². The number of rotatable bonds is 6. The van der Waals surface area contributed by atoms with E-state index in [0.717, 1.165) is 17.8 Å². The van der Waals surface area contributed by atoms with Crippen LogP contribution in [0.15, 0.2) is 30.3 Å². The van der Waals surface area contributed by atoms with Gasteiger partial charge < -0.3 is 24.3 Å². The number of carbonyl (C=O) groups is 2. The predicted octanol–water partition coefficient (Wildman–Crippen LogP) is 0.703. The fraction of sp³-hybridized carbons (Fsp3) is 0.524. The molecule has 2 unspecified atom stereocenters. The highest BCUT2D eigenvalue weighted by molar-refractivity contribution is 5.82. The summed E-state index contributed by atoms with van der Waals surface area (Å²) in [6, 6.07) is 9.51. The number of nitrogens with one attached hydrogen (secondary N) is 1. The number of nitrogens with zero attached hydrogens (tertiary/aromatic N) is 4. The van der Waals surface area contributed by atoms with Crippen LogP contribution in [-0.2, 0) is 38.6 Å². The zero-order valence-electron chi connectivity index (χ0n) is 17.1. The van der Waals surface area contributed by atoms with Gasteiger partial charge >= 0.3 is 0 Å². The predicted molar refractivity (Wildman–Crippen MR) is 107 cm³/mol. The van der Waals surface area contributed by atoms with Crippen molar-refractivity contribution in [2.75, 3.05) is 33.4 Å². The molecule has 1 aromatic heterocycles. The molecule has 2 aliphatic heterocycles. The van der Waals surface area contributed by atoms with E-state index < -0.39 is 6.10 Å². The molecule has 0 radical (unpaired) electrons. The summed E-state index contributed by atoms with van der Waals surface area (Å²) in [4.78, 5) is 27.1. The lowest BCUT2D eigenvalue weighted by molar-refractivity contribution is -0.142. The minimum Gasteiger partial charge on any atom is -0.381 e. The SMILES string of the molecule is COC(C(=O)N1CCc2nnc(CNC(=O)C3CCOC3)n2CC1)c1ccccc1. The third-order valence-electron chi connectivity index (χ3n) is 5.70. The van der Waals surface area contributed by atoms with Gasteiger partial charge in [0, 0.05) is 39.8 Å². The second kappa shape index (κ2) is 9.36. The Morgan fingerprint density at radius 2 is 2.07 bits per heavy atom. The van der Waals surface area contributed by atoms with Crippen LogP contribution in [0.4, 0.5) is 0 Å². The first-order valence-corrected chi connectivity index (χ1v) is 10.3. The van der Waals surface area contributed by atoms with Gasteiger partial charge in [-0.3, -0.25) is 9.59 Å². The van der Waals surface area contributed by atoms with E-state index in [2.05, 4.69) is 15.5 Å². The van der Waals surface area contributed by atoms with E-state index in [9.17, 15) is 9.59 Å². The molecule has 3 heterocycles. The van der Waals surface area contributed by atoms with E-state index in [4.69, 9.17) is 9.47 Å². The molecule has 1 fully saturated rings. The van der Waals surface area contributed by atoms with E-state index in [1.807, 2.05) is 39.8 Å². The molecule has 4 rings (SSSR count). The summed E-state index contributed by atoms with van der Waals surface area (Å²) in [5, 5.41) is 11.5. The highest BCUT2D eigenvalue weighted by Gasteiger charge is 2.29. The fourth-order valence-electron chi connectivity index (χ4n) is 3.96. The molecule has 0 spiro atoms. The van der Waals surface area contributed by atoms with Gasteiger partial charge in [0.25, 0.3) is 5.91 Å². The van der Waals surface area contributed by atoms with Crippen LogP contribution in [0.2, 0.25) is 0 Å². The molecule has 0 aliphatic carbocycles. The average molecular weight is 413 g/mol. The molecule has 0 saturated carbocycles. The number of hydrogen-bond donors (Lipinski definition) is 1. The quantitative estimate of drug-likeness (QED) is 0.749. The number of methoxy groups -OCH3 is 1. The van der Waals surface area contributed by atoms with Crippen molar-refractivity contribution in [1.82, 2.24) is 25.0 Å². The summed E-state index contributed by atoms with van der Waals surface area (Å²) in [6.45, 7) is 3.10. The van der Waals surface area contributed by atoms with Gasteiger partial charge in [0.05, 0.1) is 19.1 Å². The van der Waals surface area contributed by atoms with Gasteiger partial charge in [-0.05, 0) is 12.0 Å². The number of carbonyl (C=O) groups excluding carboxylic acids is 2. The Bertz CT molecular complexity index is 879. The summed E-state index contributed by atoms with van der Waals surface area (Å²) < 4.78 is 12.8. The van der Waals surface area contributed by atoms with Crippen LogP contribution < -0.4 is 5.32 Å². The van der Waals surface area contributed by atoms with Gasteiger partial charge in [-0.15, -0.1) is 10.2 Å².